The Kier molecular flexibility index (Phi) is 7.23. The number of ether oxygens (including phenoxy) is 2. The van der Waals surface area contributed by atoms with E-state index in [2.05, 4.69) is 25.1 Å². The molecule has 3 rings (SSSR count). The van der Waals surface area contributed by atoms with Crippen molar-refractivity contribution in [1.29, 1.82) is 0 Å². The molecule has 27 heavy (non-hydrogen) atoms. The van der Waals surface area contributed by atoms with Crippen molar-refractivity contribution < 1.29 is 14.3 Å². The molecule has 2 aliphatic heterocycles. The standard InChI is InChI=1S/C19H31N5O3/c1-26-13-9-20-18(25)15-4-3-10-24(14-15)16-6-11-23(12-7-16)19-21-8-5-17(22-19)27-2/h5,8,15-16H,3-4,6-7,9-14H2,1-2H3,(H,20,25)/t15-/m1/s1. The second-order valence-electron chi connectivity index (χ2n) is 7.24. The molecule has 1 aromatic rings. The Labute approximate surface area is 161 Å². The highest BCUT2D eigenvalue weighted by Crippen LogP contribution is 2.25. The molecule has 1 aromatic heterocycles. The number of nitrogens with zero attached hydrogens (tertiary/aromatic N) is 4. The smallest absolute Gasteiger partial charge is 0.228 e. The van der Waals surface area contributed by atoms with E-state index in [1.54, 1.807) is 26.5 Å². The Hall–Kier alpha value is -1.93. The second-order valence-corrected chi connectivity index (χ2v) is 7.24. The van der Waals surface area contributed by atoms with Gasteiger partial charge in [0.2, 0.25) is 17.7 Å². The lowest BCUT2D eigenvalue weighted by Gasteiger charge is -2.42. The first-order valence-electron chi connectivity index (χ1n) is 9.84. The van der Waals surface area contributed by atoms with E-state index in [9.17, 15) is 4.79 Å². The van der Waals surface area contributed by atoms with Crippen molar-refractivity contribution in [3.05, 3.63) is 12.3 Å². The van der Waals surface area contributed by atoms with Crippen molar-refractivity contribution in [2.24, 2.45) is 5.92 Å². The molecule has 2 saturated heterocycles. The highest BCUT2D eigenvalue weighted by atomic mass is 16.5. The molecule has 0 aromatic carbocycles. The van der Waals surface area contributed by atoms with Gasteiger partial charge >= 0.3 is 0 Å². The van der Waals surface area contributed by atoms with Crippen LogP contribution < -0.4 is 15.0 Å². The van der Waals surface area contributed by atoms with Crippen molar-refractivity contribution in [3.63, 3.8) is 0 Å². The van der Waals surface area contributed by atoms with Crippen LogP contribution in [0.1, 0.15) is 25.7 Å². The maximum Gasteiger partial charge on any atom is 0.228 e. The summed E-state index contributed by atoms with van der Waals surface area (Å²) in [5.74, 6) is 1.59. The van der Waals surface area contributed by atoms with Gasteiger partial charge in [-0.25, -0.2) is 4.98 Å². The number of amides is 1. The third-order valence-corrected chi connectivity index (χ3v) is 5.52. The minimum absolute atomic E-state index is 0.0929. The molecule has 0 radical (unpaired) electrons. The molecule has 150 valence electrons. The van der Waals surface area contributed by atoms with Gasteiger partial charge in [0.25, 0.3) is 0 Å². The fourth-order valence-corrected chi connectivity index (χ4v) is 4.00. The molecule has 0 saturated carbocycles. The lowest BCUT2D eigenvalue weighted by molar-refractivity contribution is -0.127. The Morgan fingerprint density at radius 3 is 2.81 bits per heavy atom. The number of methoxy groups -OCH3 is 2. The quantitative estimate of drug-likeness (QED) is 0.708. The first-order valence-corrected chi connectivity index (χ1v) is 9.84. The van der Waals surface area contributed by atoms with Crippen LogP contribution in [0.25, 0.3) is 0 Å². The summed E-state index contributed by atoms with van der Waals surface area (Å²) in [6.45, 7) is 4.96. The van der Waals surface area contributed by atoms with Gasteiger partial charge in [-0.3, -0.25) is 9.69 Å². The summed E-state index contributed by atoms with van der Waals surface area (Å²) in [7, 11) is 3.27. The zero-order valence-electron chi connectivity index (χ0n) is 16.4. The number of hydrogen-bond acceptors (Lipinski definition) is 7. The maximum absolute atomic E-state index is 12.4. The number of hydrogen-bond donors (Lipinski definition) is 1. The van der Waals surface area contributed by atoms with Crippen LogP contribution in [0.4, 0.5) is 5.95 Å². The van der Waals surface area contributed by atoms with Crippen LogP contribution in [0.2, 0.25) is 0 Å². The fourth-order valence-electron chi connectivity index (χ4n) is 4.00. The molecule has 0 spiro atoms. The van der Waals surface area contributed by atoms with Gasteiger partial charge in [-0.2, -0.15) is 4.98 Å². The summed E-state index contributed by atoms with van der Waals surface area (Å²) >= 11 is 0. The van der Waals surface area contributed by atoms with E-state index in [-0.39, 0.29) is 11.8 Å². The number of carbonyl (C=O) groups is 1. The average Bonchev–Trinajstić information content (AvgIpc) is 2.74. The third-order valence-electron chi connectivity index (χ3n) is 5.52. The summed E-state index contributed by atoms with van der Waals surface area (Å²) in [5.41, 5.74) is 0. The molecule has 0 bridgehead atoms. The molecule has 1 amide bonds. The molecule has 0 aliphatic carbocycles. The molecule has 2 aliphatic rings. The van der Waals surface area contributed by atoms with Crippen molar-refractivity contribution in [2.75, 3.05) is 58.5 Å². The molecule has 0 unspecified atom stereocenters. The zero-order chi connectivity index (χ0) is 19.1. The van der Waals surface area contributed by atoms with E-state index in [0.717, 1.165) is 57.8 Å². The molecule has 8 heteroatoms. The van der Waals surface area contributed by atoms with Gasteiger partial charge in [-0.15, -0.1) is 0 Å². The lowest BCUT2D eigenvalue weighted by atomic mass is 9.93. The van der Waals surface area contributed by atoms with Crippen molar-refractivity contribution in [2.45, 2.75) is 31.7 Å². The number of nitrogens with one attached hydrogen (secondary N) is 1. The Balaban J connectivity index is 1.49. The van der Waals surface area contributed by atoms with Crippen LogP contribution in [-0.2, 0) is 9.53 Å². The first-order chi connectivity index (χ1) is 13.2. The highest BCUT2D eigenvalue weighted by Gasteiger charge is 2.32. The summed E-state index contributed by atoms with van der Waals surface area (Å²) < 4.78 is 10.2. The predicted octanol–water partition coefficient (Wildman–Crippen LogP) is 0.929. The summed E-state index contributed by atoms with van der Waals surface area (Å²) in [6, 6.07) is 2.29. The van der Waals surface area contributed by atoms with Crippen LogP contribution in [0.15, 0.2) is 12.3 Å². The number of aromatic nitrogens is 2. The Morgan fingerprint density at radius 2 is 2.07 bits per heavy atom. The van der Waals surface area contributed by atoms with E-state index in [0.29, 0.717) is 25.1 Å². The normalized spacial score (nSPS) is 21.9. The van der Waals surface area contributed by atoms with Crippen molar-refractivity contribution in [3.8, 4) is 5.88 Å². The van der Waals surface area contributed by atoms with E-state index < -0.39 is 0 Å². The van der Waals surface area contributed by atoms with Gasteiger partial charge in [-0.05, 0) is 32.2 Å². The molecule has 1 N–H and O–H groups in total. The minimum Gasteiger partial charge on any atom is -0.481 e. The topological polar surface area (TPSA) is 79.8 Å². The van der Waals surface area contributed by atoms with Gasteiger partial charge in [0, 0.05) is 51.6 Å². The van der Waals surface area contributed by atoms with E-state index in [1.807, 2.05) is 0 Å². The monoisotopic (exact) mass is 377 g/mol. The van der Waals surface area contributed by atoms with E-state index >= 15 is 0 Å². The third kappa shape index (κ3) is 5.29. The number of anilines is 1. The van der Waals surface area contributed by atoms with E-state index in [1.165, 1.54) is 0 Å². The SMILES string of the molecule is COCCNC(=O)[C@@H]1CCCN(C2CCN(c3nccc(OC)n3)CC2)C1. The van der Waals surface area contributed by atoms with Gasteiger partial charge < -0.3 is 19.7 Å². The Morgan fingerprint density at radius 1 is 1.26 bits per heavy atom. The van der Waals surface area contributed by atoms with E-state index in [4.69, 9.17) is 9.47 Å². The van der Waals surface area contributed by atoms with Gasteiger partial charge in [0.1, 0.15) is 0 Å². The summed E-state index contributed by atoms with van der Waals surface area (Å²) in [6.07, 6.45) is 5.94. The number of likely N-dealkylation sites (tertiary alicyclic amines) is 1. The molecular weight excluding hydrogens is 346 g/mol. The largest absolute Gasteiger partial charge is 0.481 e. The van der Waals surface area contributed by atoms with Gasteiger partial charge in [0.15, 0.2) is 0 Å². The lowest BCUT2D eigenvalue weighted by Crippen LogP contribution is -2.51. The summed E-state index contributed by atoms with van der Waals surface area (Å²) in [4.78, 5) is 25.9. The molecule has 2 fully saturated rings. The van der Waals surface area contributed by atoms with Crippen LogP contribution in [0, 0.1) is 5.92 Å². The average molecular weight is 377 g/mol. The fraction of sp³-hybridized carbons (Fsp3) is 0.737. The van der Waals surface area contributed by atoms with Gasteiger partial charge in [-0.1, -0.05) is 0 Å². The van der Waals surface area contributed by atoms with Crippen molar-refractivity contribution >= 4 is 11.9 Å². The Bertz CT molecular complexity index is 607. The highest BCUT2D eigenvalue weighted by molar-refractivity contribution is 5.78. The van der Waals surface area contributed by atoms with Crippen LogP contribution in [0.3, 0.4) is 0 Å². The number of carbonyl (C=O) groups excluding carboxylic acids is 1. The zero-order valence-corrected chi connectivity index (χ0v) is 16.4. The molecule has 3 heterocycles. The minimum atomic E-state index is 0.0929. The van der Waals surface area contributed by atoms with Crippen molar-refractivity contribution in [1.82, 2.24) is 20.2 Å². The molecule has 8 nitrogen and oxygen atoms in total. The molecular formula is C19H31N5O3. The second kappa shape index (κ2) is 9.85. The maximum atomic E-state index is 12.4. The van der Waals surface area contributed by atoms with Crippen LogP contribution >= 0.6 is 0 Å². The summed E-state index contributed by atoms with van der Waals surface area (Å²) in [5, 5.41) is 2.99. The van der Waals surface area contributed by atoms with Crippen LogP contribution in [0.5, 0.6) is 5.88 Å². The van der Waals surface area contributed by atoms with Crippen LogP contribution in [-0.4, -0.2) is 80.4 Å². The number of piperidine rings is 2. The van der Waals surface area contributed by atoms with Gasteiger partial charge in [0.05, 0.1) is 19.6 Å². The first kappa shape index (κ1) is 19.8. The number of rotatable bonds is 7. The molecule has 1 atom stereocenters. The predicted molar refractivity (Wildman–Crippen MR) is 103 cm³/mol.